The largest absolute Gasteiger partial charge is 0.493 e. The zero-order valence-electron chi connectivity index (χ0n) is 11.1. The van der Waals surface area contributed by atoms with Crippen LogP contribution in [0.5, 0.6) is 11.5 Å². The van der Waals surface area contributed by atoms with Gasteiger partial charge in [0, 0.05) is 6.54 Å². The first-order valence-electron chi connectivity index (χ1n) is 5.68. The Morgan fingerprint density at radius 2 is 2.06 bits per heavy atom. The molecule has 0 heterocycles. The molecule has 1 unspecified atom stereocenters. The van der Waals surface area contributed by atoms with Crippen molar-refractivity contribution >= 4 is 5.97 Å². The van der Waals surface area contributed by atoms with Crippen molar-refractivity contribution in [2.45, 2.75) is 19.6 Å². The first kappa shape index (κ1) is 14.3. The van der Waals surface area contributed by atoms with Crippen LogP contribution in [0, 0.1) is 0 Å². The van der Waals surface area contributed by atoms with Gasteiger partial charge in [0.25, 0.3) is 0 Å². The van der Waals surface area contributed by atoms with Crippen molar-refractivity contribution in [2.75, 3.05) is 21.3 Å². The van der Waals surface area contributed by atoms with Crippen LogP contribution in [0.3, 0.4) is 0 Å². The molecule has 18 heavy (non-hydrogen) atoms. The van der Waals surface area contributed by atoms with Gasteiger partial charge in [-0.15, -0.1) is 0 Å². The number of rotatable bonds is 6. The predicted octanol–water partition coefficient (Wildman–Crippen LogP) is 1.35. The topological polar surface area (TPSA) is 56.8 Å². The van der Waals surface area contributed by atoms with E-state index in [2.05, 4.69) is 10.1 Å². The van der Waals surface area contributed by atoms with E-state index >= 15 is 0 Å². The normalized spacial score (nSPS) is 11.8. The summed E-state index contributed by atoms with van der Waals surface area (Å²) in [6.45, 7) is 2.35. The summed E-state index contributed by atoms with van der Waals surface area (Å²) in [5.74, 6) is 0.699. The lowest BCUT2D eigenvalue weighted by atomic mass is 10.2. The lowest BCUT2D eigenvalue weighted by molar-refractivity contribution is -0.147. The van der Waals surface area contributed by atoms with Crippen molar-refractivity contribution in [3.8, 4) is 11.5 Å². The van der Waals surface area contributed by atoms with Crippen LogP contribution in [0.25, 0.3) is 0 Å². The SMILES string of the molecule is CNCc1ccc(OC)c(OC(C)C(=O)OC)c1. The second-order valence-corrected chi connectivity index (χ2v) is 3.80. The van der Waals surface area contributed by atoms with Gasteiger partial charge < -0.3 is 19.5 Å². The van der Waals surface area contributed by atoms with Crippen molar-refractivity contribution < 1.29 is 19.0 Å². The average molecular weight is 253 g/mol. The number of hydrogen-bond acceptors (Lipinski definition) is 5. The van der Waals surface area contributed by atoms with E-state index in [9.17, 15) is 4.79 Å². The highest BCUT2D eigenvalue weighted by Crippen LogP contribution is 2.29. The number of methoxy groups -OCH3 is 2. The van der Waals surface area contributed by atoms with Crippen LogP contribution in [0.4, 0.5) is 0 Å². The average Bonchev–Trinajstić information content (AvgIpc) is 2.38. The first-order chi connectivity index (χ1) is 8.62. The van der Waals surface area contributed by atoms with Gasteiger partial charge in [-0.3, -0.25) is 0 Å². The van der Waals surface area contributed by atoms with Crippen molar-refractivity contribution in [3.05, 3.63) is 23.8 Å². The van der Waals surface area contributed by atoms with E-state index in [0.717, 1.165) is 5.56 Å². The summed E-state index contributed by atoms with van der Waals surface area (Å²) in [7, 11) is 4.75. The van der Waals surface area contributed by atoms with Gasteiger partial charge in [0.2, 0.25) is 0 Å². The van der Waals surface area contributed by atoms with E-state index in [-0.39, 0.29) is 0 Å². The maximum Gasteiger partial charge on any atom is 0.346 e. The fourth-order valence-corrected chi connectivity index (χ4v) is 1.53. The number of benzene rings is 1. The molecule has 0 aliphatic rings. The molecule has 1 N–H and O–H groups in total. The predicted molar refractivity (Wildman–Crippen MR) is 67.9 cm³/mol. The van der Waals surface area contributed by atoms with Crippen molar-refractivity contribution in [3.63, 3.8) is 0 Å². The van der Waals surface area contributed by atoms with Gasteiger partial charge in [0.05, 0.1) is 14.2 Å². The monoisotopic (exact) mass is 253 g/mol. The Labute approximate surface area is 107 Å². The Kier molecular flexibility index (Phi) is 5.45. The molecule has 0 aliphatic carbocycles. The molecule has 0 aromatic heterocycles. The van der Waals surface area contributed by atoms with Crippen LogP contribution in [0.15, 0.2) is 18.2 Å². The third-order valence-electron chi connectivity index (χ3n) is 2.45. The molecule has 0 amide bonds. The molecule has 0 radical (unpaired) electrons. The molecule has 1 aromatic rings. The minimum atomic E-state index is -0.672. The second-order valence-electron chi connectivity index (χ2n) is 3.80. The molecule has 0 saturated carbocycles. The highest BCUT2D eigenvalue weighted by atomic mass is 16.6. The Hall–Kier alpha value is -1.75. The van der Waals surface area contributed by atoms with Crippen molar-refractivity contribution in [1.82, 2.24) is 5.32 Å². The summed E-state index contributed by atoms with van der Waals surface area (Å²) in [6.07, 6.45) is -0.672. The maximum atomic E-state index is 11.3. The Morgan fingerprint density at radius 1 is 1.33 bits per heavy atom. The van der Waals surface area contributed by atoms with E-state index < -0.39 is 12.1 Å². The van der Waals surface area contributed by atoms with E-state index in [1.165, 1.54) is 7.11 Å². The van der Waals surface area contributed by atoms with Crippen LogP contribution in [0.2, 0.25) is 0 Å². The fourth-order valence-electron chi connectivity index (χ4n) is 1.53. The van der Waals surface area contributed by atoms with Gasteiger partial charge in [0.1, 0.15) is 0 Å². The van der Waals surface area contributed by atoms with E-state index in [1.54, 1.807) is 14.0 Å². The number of esters is 1. The van der Waals surface area contributed by atoms with Crippen molar-refractivity contribution in [1.29, 1.82) is 0 Å². The minimum absolute atomic E-state index is 0.420. The zero-order chi connectivity index (χ0) is 13.5. The Bertz CT molecular complexity index is 406. The van der Waals surface area contributed by atoms with Crippen LogP contribution >= 0.6 is 0 Å². The maximum absolute atomic E-state index is 11.3. The molecular formula is C13H19NO4. The molecule has 1 aromatic carbocycles. The smallest absolute Gasteiger partial charge is 0.346 e. The first-order valence-corrected chi connectivity index (χ1v) is 5.68. The van der Waals surface area contributed by atoms with E-state index in [0.29, 0.717) is 18.0 Å². The third-order valence-corrected chi connectivity index (χ3v) is 2.45. The van der Waals surface area contributed by atoms with Crippen LogP contribution in [-0.4, -0.2) is 33.3 Å². The highest BCUT2D eigenvalue weighted by molar-refractivity contribution is 5.74. The zero-order valence-corrected chi connectivity index (χ0v) is 11.1. The summed E-state index contributed by atoms with van der Waals surface area (Å²) in [5, 5.41) is 3.05. The van der Waals surface area contributed by atoms with Gasteiger partial charge >= 0.3 is 5.97 Å². The molecule has 100 valence electrons. The molecule has 0 fully saturated rings. The van der Waals surface area contributed by atoms with Gasteiger partial charge in [-0.2, -0.15) is 0 Å². The number of ether oxygens (including phenoxy) is 3. The summed E-state index contributed by atoms with van der Waals surface area (Å²) in [4.78, 5) is 11.3. The van der Waals surface area contributed by atoms with Gasteiger partial charge in [-0.25, -0.2) is 4.79 Å². The highest BCUT2D eigenvalue weighted by Gasteiger charge is 2.17. The number of carbonyl (C=O) groups excluding carboxylic acids is 1. The summed E-state index contributed by atoms with van der Waals surface area (Å²) in [5.41, 5.74) is 1.05. The van der Waals surface area contributed by atoms with Crippen LogP contribution in [-0.2, 0) is 16.1 Å². The van der Waals surface area contributed by atoms with Gasteiger partial charge in [-0.05, 0) is 31.7 Å². The van der Waals surface area contributed by atoms with Crippen LogP contribution in [0.1, 0.15) is 12.5 Å². The fraction of sp³-hybridized carbons (Fsp3) is 0.462. The molecule has 1 rings (SSSR count). The second kappa shape index (κ2) is 6.86. The lowest BCUT2D eigenvalue weighted by Crippen LogP contribution is -2.25. The van der Waals surface area contributed by atoms with Gasteiger partial charge in [-0.1, -0.05) is 6.07 Å². The number of hydrogen-bond donors (Lipinski definition) is 1. The molecule has 0 aliphatic heterocycles. The molecule has 0 saturated heterocycles. The summed E-state index contributed by atoms with van der Waals surface area (Å²) >= 11 is 0. The standard InChI is InChI=1S/C13H19NO4/c1-9(13(15)17-4)18-12-7-10(8-14-2)5-6-11(12)16-3/h5-7,9,14H,8H2,1-4H3. The van der Waals surface area contributed by atoms with Crippen LogP contribution < -0.4 is 14.8 Å². The number of nitrogens with one attached hydrogen (secondary N) is 1. The lowest BCUT2D eigenvalue weighted by Gasteiger charge is -2.16. The Balaban J connectivity index is 2.90. The minimum Gasteiger partial charge on any atom is -0.493 e. The molecule has 0 bridgehead atoms. The van der Waals surface area contributed by atoms with E-state index in [1.807, 2.05) is 25.2 Å². The number of carbonyl (C=O) groups is 1. The summed E-state index contributed by atoms with van der Waals surface area (Å²) in [6, 6.07) is 5.59. The molecule has 5 heteroatoms. The molecule has 5 nitrogen and oxygen atoms in total. The third kappa shape index (κ3) is 3.63. The molecular weight excluding hydrogens is 234 g/mol. The molecule has 0 spiro atoms. The molecule has 1 atom stereocenters. The summed E-state index contributed by atoms with van der Waals surface area (Å²) < 4.78 is 15.4. The Morgan fingerprint density at radius 3 is 2.61 bits per heavy atom. The van der Waals surface area contributed by atoms with E-state index in [4.69, 9.17) is 9.47 Å². The van der Waals surface area contributed by atoms with Gasteiger partial charge in [0.15, 0.2) is 17.6 Å². The van der Waals surface area contributed by atoms with Crippen molar-refractivity contribution in [2.24, 2.45) is 0 Å². The quantitative estimate of drug-likeness (QED) is 0.776.